The second-order valence-corrected chi connectivity index (χ2v) is 3.12. The number of hydrogen-bond acceptors (Lipinski definition) is 2. The van der Waals surface area contributed by atoms with E-state index < -0.39 is 6.09 Å². The van der Waals surface area contributed by atoms with Gasteiger partial charge < -0.3 is 4.74 Å². The number of ether oxygens (including phenoxy) is 1. The van der Waals surface area contributed by atoms with Gasteiger partial charge in [0.1, 0.15) is 6.10 Å². The van der Waals surface area contributed by atoms with Crippen molar-refractivity contribution in [1.82, 2.24) is 0 Å². The molecule has 1 aromatic carbocycles. The van der Waals surface area contributed by atoms with E-state index in [-0.39, 0.29) is 6.10 Å². The minimum Gasteiger partial charge on any atom is -0.446 e. The highest BCUT2D eigenvalue weighted by Gasteiger charge is 2.06. The van der Waals surface area contributed by atoms with Crippen LogP contribution in [0.4, 0.5) is 10.5 Å². The van der Waals surface area contributed by atoms with Crippen LogP contribution in [-0.4, -0.2) is 12.2 Å². The first-order valence-electron chi connectivity index (χ1n) is 4.75. The molecule has 1 amide bonds. The molecular weight excluding hydrogens is 178 g/mol. The molecule has 0 aliphatic rings. The first kappa shape index (κ1) is 10.6. The van der Waals surface area contributed by atoms with E-state index in [9.17, 15) is 4.79 Å². The highest BCUT2D eigenvalue weighted by atomic mass is 16.6. The van der Waals surface area contributed by atoms with Gasteiger partial charge in [0.2, 0.25) is 0 Å². The Morgan fingerprint density at radius 1 is 1.43 bits per heavy atom. The fourth-order valence-electron chi connectivity index (χ4n) is 0.935. The first-order valence-corrected chi connectivity index (χ1v) is 4.75. The summed E-state index contributed by atoms with van der Waals surface area (Å²) < 4.78 is 5.05. The van der Waals surface area contributed by atoms with Gasteiger partial charge in [-0.05, 0) is 25.5 Å². The van der Waals surface area contributed by atoms with Crippen LogP contribution in [0.5, 0.6) is 0 Å². The first-order chi connectivity index (χ1) is 6.72. The van der Waals surface area contributed by atoms with Crippen molar-refractivity contribution in [2.45, 2.75) is 26.4 Å². The molecule has 1 N–H and O–H groups in total. The third kappa shape index (κ3) is 3.47. The quantitative estimate of drug-likeness (QED) is 0.801. The van der Waals surface area contributed by atoms with Crippen LogP contribution in [-0.2, 0) is 4.74 Å². The predicted molar refractivity (Wildman–Crippen MR) is 56.3 cm³/mol. The lowest BCUT2D eigenvalue weighted by molar-refractivity contribution is 0.118. The largest absolute Gasteiger partial charge is 0.446 e. The molecule has 14 heavy (non-hydrogen) atoms. The van der Waals surface area contributed by atoms with E-state index in [4.69, 9.17) is 4.74 Å². The third-order valence-corrected chi connectivity index (χ3v) is 1.90. The smallest absolute Gasteiger partial charge is 0.411 e. The van der Waals surface area contributed by atoms with Crippen molar-refractivity contribution >= 4 is 11.8 Å². The number of benzene rings is 1. The van der Waals surface area contributed by atoms with Gasteiger partial charge in [-0.15, -0.1) is 0 Å². The summed E-state index contributed by atoms with van der Waals surface area (Å²) in [6.07, 6.45) is 0.381. The number of nitrogens with one attached hydrogen (secondary N) is 1. The molecule has 0 bridgehead atoms. The van der Waals surface area contributed by atoms with E-state index in [1.165, 1.54) is 0 Å². The molecular formula is C11H15NO2. The van der Waals surface area contributed by atoms with E-state index >= 15 is 0 Å². The van der Waals surface area contributed by atoms with Crippen molar-refractivity contribution in [1.29, 1.82) is 0 Å². The number of hydrogen-bond donors (Lipinski definition) is 1. The molecule has 0 aromatic heterocycles. The fraction of sp³-hybridized carbons (Fsp3) is 0.364. The van der Waals surface area contributed by atoms with E-state index in [1.54, 1.807) is 0 Å². The average molecular weight is 193 g/mol. The monoisotopic (exact) mass is 193 g/mol. The average Bonchev–Trinajstić information content (AvgIpc) is 2.19. The lowest BCUT2D eigenvalue weighted by Gasteiger charge is -2.11. The van der Waals surface area contributed by atoms with Crippen LogP contribution < -0.4 is 5.32 Å². The number of amides is 1. The maximum absolute atomic E-state index is 11.2. The van der Waals surface area contributed by atoms with Crippen molar-refractivity contribution in [3.63, 3.8) is 0 Å². The summed E-state index contributed by atoms with van der Waals surface area (Å²) in [6.45, 7) is 3.84. The maximum Gasteiger partial charge on any atom is 0.411 e. The Hall–Kier alpha value is -1.51. The lowest BCUT2D eigenvalue weighted by atomic mass is 10.3. The molecule has 76 valence electrons. The second kappa shape index (κ2) is 5.27. The van der Waals surface area contributed by atoms with Crippen LogP contribution in [0.3, 0.4) is 0 Å². The van der Waals surface area contributed by atoms with Crippen LogP contribution in [0.25, 0.3) is 0 Å². The highest BCUT2D eigenvalue weighted by molar-refractivity contribution is 5.84. The minimum atomic E-state index is -0.398. The highest BCUT2D eigenvalue weighted by Crippen LogP contribution is 2.06. The van der Waals surface area contributed by atoms with Crippen LogP contribution in [0, 0.1) is 0 Å². The van der Waals surface area contributed by atoms with Gasteiger partial charge in [-0.3, -0.25) is 5.32 Å². The third-order valence-electron chi connectivity index (χ3n) is 1.90. The van der Waals surface area contributed by atoms with E-state index in [1.807, 2.05) is 44.2 Å². The summed E-state index contributed by atoms with van der Waals surface area (Å²) >= 11 is 0. The zero-order valence-corrected chi connectivity index (χ0v) is 8.49. The number of carbonyl (C=O) groups excluding carboxylic acids is 1. The molecule has 0 saturated carbocycles. The van der Waals surface area contributed by atoms with Crippen molar-refractivity contribution in [2.24, 2.45) is 0 Å². The normalized spacial score (nSPS) is 11.9. The van der Waals surface area contributed by atoms with Gasteiger partial charge in [-0.1, -0.05) is 25.1 Å². The number of rotatable bonds is 3. The van der Waals surface area contributed by atoms with Crippen LogP contribution in [0.2, 0.25) is 0 Å². The van der Waals surface area contributed by atoms with E-state index in [0.29, 0.717) is 0 Å². The number of para-hydroxylation sites is 1. The van der Waals surface area contributed by atoms with Crippen molar-refractivity contribution in [2.75, 3.05) is 5.32 Å². The molecule has 3 heteroatoms. The van der Waals surface area contributed by atoms with Gasteiger partial charge in [0.15, 0.2) is 0 Å². The Morgan fingerprint density at radius 2 is 2.07 bits per heavy atom. The Balaban J connectivity index is 2.42. The minimum absolute atomic E-state index is 0.0429. The predicted octanol–water partition coefficient (Wildman–Crippen LogP) is 3.03. The SMILES string of the molecule is CC[C@@H](C)OC(=O)Nc1ccccc1. The van der Waals surface area contributed by atoms with Crippen LogP contribution in [0.1, 0.15) is 20.3 Å². The Morgan fingerprint density at radius 3 is 2.64 bits per heavy atom. The standard InChI is InChI=1S/C11H15NO2/c1-3-9(2)14-11(13)12-10-7-5-4-6-8-10/h4-9H,3H2,1-2H3,(H,12,13)/t9-/m1/s1. The van der Waals surface area contributed by atoms with Gasteiger partial charge in [0, 0.05) is 5.69 Å². The van der Waals surface area contributed by atoms with Gasteiger partial charge in [-0.2, -0.15) is 0 Å². The molecule has 0 unspecified atom stereocenters. The van der Waals surface area contributed by atoms with Gasteiger partial charge in [0.05, 0.1) is 0 Å². The zero-order valence-electron chi connectivity index (χ0n) is 8.49. The van der Waals surface area contributed by atoms with Gasteiger partial charge >= 0.3 is 6.09 Å². The van der Waals surface area contributed by atoms with E-state index in [0.717, 1.165) is 12.1 Å². The molecule has 1 aromatic rings. The fourth-order valence-corrected chi connectivity index (χ4v) is 0.935. The second-order valence-electron chi connectivity index (χ2n) is 3.12. The summed E-state index contributed by atoms with van der Waals surface area (Å²) in [4.78, 5) is 11.2. The molecule has 0 aliphatic heterocycles. The zero-order chi connectivity index (χ0) is 10.4. The Bertz CT molecular complexity index is 285. The topological polar surface area (TPSA) is 38.3 Å². The Labute approximate surface area is 84.1 Å². The number of carbonyl (C=O) groups is 1. The Kier molecular flexibility index (Phi) is 3.98. The summed E-state index contributed by atoms with van der Waals surface area (Å²) in [5.74, 6) is 0. The molecule has 0 heterocycles. The van der Waals surface area contributed by atoms with Gasteiger partial charge in [-0.25, -0.2) is 4.79 Å². The van der Waals surface area contributed by atoms with Crippen LogP contribution >= 0.6 is 0 Å². The molecule has 1 atom stereocenters. The molecule has 0 saturated heterocycles. The van der Waals surface area contributed by atoms with Crippen LogP contribution in [0.15, 0.2) is 30.3 Å². The summed E-state index contributed by atoms with van der Waals surface area (Å²) in [5, 5.41) is 2.65. The van der Waals surface area contributed by atoms with Crippen molar-refractivity contribution in [3.05, 3.63) is 30.3 Å². The molecule has 0 aliphatic carbocycles. The molecule has 0 spiro atoms. The van der Waals surface area contributed by atoms with E-state index in [2.05, 4.69) is 5.32 Å². The molecule has 0 radical (unpaired) electrons. The molecule has 3 nitrogen and oxygen atoms in total. The molecule has 0 fully saturated rings. The summed E-state index contributed by atoms with van der Waals surface area (Å²) in [7, 11) is 0. The van der Waals surface area contributed by atoms with Gasteiger partial charge in [0.25, 0.3) is 0 Å². The van der Waals surface area contributed by atoms with Crippen molar-refractivity contribution < 1.29 is 9.53 Å². The summed E-state index contributed by atoms with van der Waals surface area (Å²) in [6, 6.07) is 9.25. The molecule has 1 rings (SSSR count). The maximum atomic E-state index is 11.2. The lowest BCUT2D eigenvalue weighted by Crippen LogP contribution is -2.19. The van der Waals surface area contributed by atoms with Crippen molar-refractivity contribution in [3.8, 4) is 0 Å². The summed E-state index contributed by atoms with van der Waals surface area (Å²) in [5.41, 5.74) is 0.751. The number of anilines is 1.